The first-order chi connectivity index (χ1) is 13.4. The summed E-state index contributed by atoms with van der Waals surface area (Å²) in [5, 5.41) is 13.8. The highest BCUT2D eigenvalue weighted by molar-refractivity contribution is 6.32. The number of nitriles is 1. The van der Waals surface area contributed by atoms with Gasteiger partial charge < -0.3 is 20.1 Å². The van der Waals surface area contributed by atoms with Gasteiger partial charge in [0.1, 0.15) is 12.2 Å². The van der Waals surface area contributed by atoms with E-state index in [1.807, 2.05) is 0 Å². The summed E-state index contributed by atoms with van der Waals surface area (Å²) in [5.41, 5.74) is 1.08. The van der Waals surface area contributed by atoms with E-state index in [1.54, 1.807) is 18.2 Å². The zero-order valence-electron chi connectivity index (χ0n) is 14.8. The maximum Gasteiger partial charge on any atom is 0.338 e. The molecule has 2 N–H and O–H groups in total. The molecule has 2 aromatic rings. The summed E-state index contributed by atoms with van der Waals surface area (Å²) in [7, 11) is 1.48. The molecule has 2 rings (SSSR count). The van der Waals surface area contributed by atoms with E-state index in [1.165, 1.54) is 37.4 Å². The van der Waals surface area contributed by atoms with Gasteiger partial charge in [0.2, 0.25) is 5.91 Å². The largest absolute Gasteiger partial charge is 0.495 e. The molecule has 0 spiro atoms. The number of benzene rings is 2. The van der Waals surface area contributed by atoms with E-state index in [2.05, 4.69) is 10.6 Å². The van der Waals surface area contributed by atoms with Gasteiger partial charge in [-0.05, 0) is 42.5 Å². The molecular formula is C19H16ClN3O5. The van der Waals surface area contributed by atoms with Crippen molar-refractivity contribution in [3.8, 4) is 11.8 Å². The third kappa shape index (κ3) is 6.00. The standard InChI is InChI=1S/C19H16ClN3O5/c1-27-16-7-6-14(10-15(16)20)23-18(25)11-28-19(26)12-2-4-13(5-3-12)22-17(24)8-9-21/h2-7,10H,8,11H2,1H3,(H,22,24)(H,23,25). The molecule has 0 heterocycles. The molecule has 0 aromatic heterocycles. The van der Waals surface area contributed by atoms with Crippen molar-refractivity contribution >= 4 is 40.8 Å². The molecule has 0 bridgehead atoms. The third-order valence-electron chi connectivity index (χ3n) is 3.41. The van der Waals surface area contributed by atoms with Gasteiger partial charge in [0.15, 0.2) is 6.61 Å². The van der Waals surface area contributed by atoms with E-state index in [4.69, 9.17) is 26.3 Å². The zero-order valence-corrected chi connectivity index (χ0v) is 15.6. The van der Waals surface area contributed by atoms with Crippen LogP contribution in [0.1, 0.15) is 16.8 Å². The Morgan fingerprint density at radius 3 is 2.29 bits per heavy atom. The number of carbonyl (C=O) groups is 3. The zero-order chi connectivity index (χ0) is 20.5. The van der Waals surface area contributed by atoms with Crippen molar-refractivity contribution in [2.45, 2.75) is 6.42 Å². The maximum atomic E-state index is 12.0. The van der Waals surface area contributed by atoms with Crippen molar-refractivity contribution in [2.75, 3.05) is 24.4 Å². The van der Waals surface area contributed by atoms with Crippen LogP contribution in [-0.4, -0.2) is 31.5 Å². The summed E-state index contributed by atoms with van der Waals surface area (Å²) in [6.45, 7) is -0.483. The molecule has 0 aliphatic carbocycles. The Labute approximate surface area is 166 Å². The second kappa shape index (κ2) is 9.94. The summed E-state index contributed by atoms with van der Waals surface area (Å²) in [6.07, 6.45) is -0.266. The lowest BCUT2D eigenvalue weighted by molar-refractivity contribution is -0.119. The van der Waals surface area contributed by atoms with E-state index in [9.17, 15) is 14.4 Å². The second-order valence-electron chi connectivity index (χ2n) is 5.43. The van der Waals surface area contributed by atoms with Gasteiger partial charge in [-0.3, -0.25) is 9.59 Å². The number of ether oxygens (including phenoxy) is 2. The molecule has 0 radical (unpaired) electrons. The minimum absolute atomic E-state index is 0.207. The van der Waals surface area contributed by atoms with Gasteiger partial charge in [0.05, 0.1) is 23.8 Å². The molecule has 0 saturated heterocycles. The minimum atomic E-state index is -0.696. The van der Waals surface area contributed by atoms with Crippen LogP contribution >= 0.6 is 11.6 Å². The fraction of sp³-hybridized carbons (Fsp3) is 0.158. The molecule has 0 unspecified atom stereocenters. The first-order valence-corrected chi connectivity index (χ1v) is 8.38. The number of nitrogens with zero attached hydrogens (tertiary/aromatic N) is 1. The number of amides is 2. The van der Waals surface area contributed by atoms with E-state index in [0.29, 0.717) is 22.1 Å². The van der Waals surface area contributed by atoms with Crippen LogP contribution < -0.4 is 15.4 Å². The fourth-order valence-electron chi connectivity index (χ4n) is 2.12. The Kier molecular flexibility index (Phi) is 7.37. The molecular weight excluding hydrogens is 386 g/mol. The van der Waals surface area contributed by atoms with Gasteiger partial charge in [-0.25, -0.2) is 4.79 Å². The number of anilines is 2. The van der Waals surface area contributed by atoms with Crippen LogP contribution in [0.3, 0.4) is 0 Å². The van der Waals surface area contributed by atoms with E-state index in [0.717, 1.165) is 0 Å². The predicted octanol–water partition coefficient (Wildman–Crippen LogP) is 3.00. The van der Waals surface area contributed by atoms with Crippen LogP contribution in [0.5, 0.6) is 5.75 Å². The van der Waals surface area contributed by atoms with Crippen molar-refractivity contribution in [2.24, 2.45) is 0 Å². The lowest BCUT2D eigenvalue weighted by atomic mass is 10.2. The average Bonchev–Trinajstić information content (AvgIpc) is 2.67. The summed E-state index contributed by atoms with van der Waals surface area (Å²) in [6, 6.07) is 12.3. The number of methoxy groups -OCH3 is 1. The van der Waals surface area contributed by atoms with Crippen molar-refractivity contribution in [3.05, 3.63) is 53.1 Å². The number of carbonyl (C=O) groups excluding carboxylic acids is 3. The third-order valence-corrected chi connectivity index (χ3v) is 3.71. The van der Waals surface area contributed by atoms with Gasteiger partial charge in [-0.1, -0.05) is 11.6 Å². The van der Waals surface area contributed by atoms with E-state index >= 15 is 0 Å². The van der Waals surface area contributed by atoms with Crippen molar-refractivity contribution < 1.29 is 23.9 Å². The molecule has 0 fully saturated rings. The van der Waals surface area contributed by atoms with Crippen LogP contribution in [0.2, 0.25) is 5.02 Å². The molecule has 9 heteroatoms. The van der Waals surface area contributed by atoms with Gasteiger partial charge in [0, 0.05) is 11.4 Å². The topological polar surface area (TPSA) is 118 Å². The Morgan fingerprint density at radius 2 is 1.68 bits per heavy atom. The first-order valence-electron chi connectivity index (χ1n) is 8.00. The Hall–Kier alpha value is -3.57. The van der Waals surface area contributed by atoms with Gasteiger partial charge in [0.25, 0.3) is 5.91 Å². The maximum absolute atomic E-state index is 12.0. The molecule has 2 amide bonds. The van der Waals surface area contributed by atoms with Gasteiger partial charge in [-0.15, -0.1) is 0 Å². The van der Waals surface area contributed by atoms with Crippen LogP contribution in [0.25, 0.3) is 0 Å². The number of hydrogen-bond acceptors (Lipinski definition) is 6. The summed E-state index contributed by atoms with van der Waals surface area (Å²) >= 11 is 5.98. The summed E-state index contributed by atoms with van der Waals surface area (Å²) in [5.74, 6) is -1.21. The highest BCUT2D eigenvalue weighted by atomic mass is 35.5. The predicted molar refractivity (Wildman–Crippen MR) is 102 cm³/mol. The molecule has 2 aromatic carbocycles. The minimum Gasteiger partial charge on any atom is -0.495 e. The highest BCUT2D eigenvalue weighted by Crippen LogP contribution is 2.27. The van der Waals surface area contributed by atoms with Crippen LogP contribution in [0, 0.1) is 11.3 Å². The number of halogens is 1. The lowest BCUT2D eigenvalue weighted by Gasteiger charge is -2.09. The van der Waals surface area contributed by atoms with Crippen LogP contribution in [-0.2, 0) is 14.3 Å². The summed E-state index contributed by atoms with van der Waals surface area (Å²) < 4.78 is 9.98. The Bertz CT molecular complexity index is 922. The molecule has 0 saturated carbocycles. The normalized spacial score (nSPS) is 9.75. The Balaban J connectivity index is 1.86. The number of rotatable bonds is 7. The molecule has 28 heavy (non-hydrogen) atoms. The number of hydrogen-bond donors (Lipinski definition) is 2. The van der Waals surface area contributed by atoms with Crippen molar-refractivity contribution in [1.29, 1.82) is 5.26 Å². The molecule has 144 valence electrons. The van der Waals surface area contributed by atoms with Crippen molar-refractivity contribution in [3.63, 3.8) is 0 Å². The second-order valence-corrected chi connectivity index (χ2v) is 5.84. The number of esters is 1. The van der Waals surface area contributed by atoms with Crippen LogP contribution in [0.15, 0.2) is 42.5 Å². The summed E-state index contributed by atoms with van der Waals surface area (Å²) in [4.78, 5) is 35.3. The van der Waals surface area contributed by atoms with E-state index < -0.39 is 24.4 Å². The lowest BCUT2D eigenvalue weighted by Crippen LogP contribution is -2.21. The molecule has 8 nitrogen and oxygen atoms in total. The smallest absolute Gasteiger partial charge is 0.338 e. The molecule has 0 aliphatic heterocycles. The van der Waals surface area contributed by atoms with Crippen molar-refractivity contribution in [1.82, 2.24) is 0 Å². The van der Waals surface area contributed by atoms with Gasteiger partial charge in [-0.2, -0.15) is 5.26 Å². The first kappa shape index (κ1) is 20.7. The van der Waals surface area contributed by atoms with Gasteiger partial charge >= 0.3 is 5.97 Å². The quantitative estimate of drug-likeness (QED) is 0.688. The Morgan fingerprint density at radius 1 is 1.04 bits per heavy atom. The molecule has 0 aliphatic rings. The fourth-order valence-corrected chi connectivity index (χ4v) is 2.38. The average molecular weight is 402 g/mol. The monoisotopic (exact) mass is 401 g/mol. The molecule has 0 atom stereocenters. The number of nitrogens with one attached hydrogen (secondary N) is 2. The van der Waals surface area contributed by atoms with E-state index in [-0.39, 0.29) is 12.0 Å². The van der Waals surface area contributed by atoms with Crippen LogP contribution in [0.4, 0.5) is 11.4 Å². The SMILES string of the molecule is COc1ccc(NC(=O)COC(=O)c2ccc(NC(=O)CC#N)cc2)cc1Cl. The highest BCUT2D eigenvalue weighted by Gasteiger charge is 2.12.